The number of hydrogen-bond acceptors (Lipinski definition) is 3. The SMILES string of the molecule is C[C@@H](C(=O)O)N(C)S(=O)(=O)c1ccccc1. The van der Waals surface area contributed by atoms with Crippen LogP contribution in [-0.2, 0) is 14.8 Å². The minimum Gasteiger partial charge on any atom is -0.480 e. The van der Waals surface area contributed by atoms with E-state index in [-0.39, 0.29) is 4.90 Å². The van der Waals surface area contributed by atoms with E-state index in [1.54, 1.807) is 18.2 Å². The molecular formula is C10H13NO4S. The fourth-order valence-corrected chi connectivity index (χ4v) is 2.46. The molecule has 0 fully saturated rings. The Balaban J connectivity index is 3.09. The third-order valence-corrected chi connectivity index (χ3v) is 4.27. The lowest BCUT2D eigenvalue weighted by molar-refractivity contribution is -0.140. The highest BCUT2D eigenvalue weighted by Gasteiger charge is 2.28. The van der Waals surface area contributed by atoms with Crippen LogP contribution in [-0.4, -0.2) is 36.9 Å². The van der Waals surface area contributed by atoms with E-state index >= 15 is 0 Å². The van der Waals surface area contributed by atoms with Crippen molar-refractivity contribution < 1.29 is 18.3 Å². The quantitative estimate of drug-likeness (QED) is 0.848. The molecule has 0 bridgehead atoms. The number of nitrogens with zero attached hydrogens (tertiary/aromatic N) is 1. The highest BCUT2D eigenvalue weighted by Crippen LogP contribution is 2.15. The van der Waals surface area contributed by atoms with Gasteiger partial charge in [-0.05, 0) is 19.1 Å². The molecule has 0 aliphatic carbocycles. The number of carboxylic acid groups (broad SMARTS) is 1. The molecule has 0 amide bonds. The molecule has 0 heterocycles. The normalized spacial score (nSPS) is 13.7. The summed E-state index contributed by atoms with van der Waals surface area (Å²) in [6, 6.07) is 6.64. The van der Waals surface area contributed by atoms with E-state index in [4.69, 9.17) is 5.11 Å². The van der Waals surface area contributed by atoms with Gasteiger partial charge in [0.25, 0.3) is 0 Å². The molecule has 5 nitrogen and oxygen atoms in total. The molecule has 88 valence electrons. The van der Waals surface area contributed by atoms with Gasteiger partial charge in [-0.2, -0.15) is 4.31 Å². The Morgan fingerprint density at radius 2 is 1.81 bits per heavy atom. The zero-order valence-corrected chi connectivity index (χ0v) is 9.81. The first-order valence-corrected chi connectivity index (χ1v) is 6.07. The second-order valence-electron chi connectivity index (χ2n) is 3.35. The van der Waals surface area contributed by atoms with Crippen LogP contribution in [0.25, 0.3) is 0 Å². The molecule has 0 spiro atoms. The summed E-state index contributed by atoms with van der Waals surface area (Å²) in [7, 11) is -2.48. The molecule has 1 rings (SSSR count). The summed E-state index contributed by atoms with van der Waals surface area (Å²) < 4.78 is 24.7. The lowest BCUT2D eigenvalue weighted by Crippen LogP contribution is -2.40. The third kappa shape index (κ3) is 2.40. The van der Waals surface area contributed by atoms with Crippen molar-refractivity contribution in [1.29, 1.82) is 0 Å². The van der Waals surface area contributed by atoms with Crippen LogP contribution in [0.4, 0.5) is 0 Å². The molecule has 1 aromatic carbocycles. The number of rotatable bonds is 4. The molecule has 1 atom stereocenters. The van der Waals surface area contributed by atoms with Crippen LogP contribution in [0.2, 0.25) is 0 Å². The van der Waals surface area contributed by atoms with Gasteiger partial charge in [0.1, 0.15) is 6.04 Å². The first kappa shape index (κ1) is 12.7. The molecular weight excluding hydrogens is 230 g/mol. The highest BCUT2D eigenvalue weighted by molar-refractivity contribution is 7.89. The Bertz CT molecular complexity index is 469. The van der Waals surface area contributed by atoms with E-state index in [1.807, 2.05) is 0 Å². The van der Waals surface area contributed by atoms with E-state index in [1.165, 1.54) is 26.1 Å². The van der Waals surface area contributed by atoms with Gasteiger partial charge in [-0.1, -0.05) is 18.2 Å². The van der Waals surface area contributed by atoms with Crippen LogP contribution in [0.1, 0.15) is 6.92 Å². The molecule has 1 N–H and O–H groups in total. The largest absolute Gasteiger partial charge is 0.480 e. The summed E-state index contributed by atoms with van der Waals surface area (Å²) in [6.07, 6.45) is 0. The monoisotopic (exact) mass is 243 g/mol. The van der Waals surface area contributed by atoms with Gasteiger partial charge in [0, 0.05) is 7.05 Å². The number of aliphatic carboxylic acids is 1. The van der Waals surface area contributed by atoms with Gasteiger partial charge in [0.15, 0.2) is 0 Å². The van der Waals surface area contributed by atoms with Crippen LogP contribution in [0.15, 0.2) is 35.2 Å². The van der Waals surface area contributed by atoms with Crippen LogP contribution >= 0.6 is 0 Å². The number of sulfonamides is 1. The molecule has 0 radical (unpaired) electrons. The predicted molar refractivity (Wildman–Crippen MR) is 58.5 cm³/mol. The second kappa shape index (κ2) is 4.63. The number of hydrogen-bond donors (Lipinski definition) is 1. The van der Waals surface area contributed by atoms with Crippen molar-refractivity contribution in [3.8, 4) is 0 Å². The smallest absolute Gasteiger partial charge is 0.321 e. The maximum Gasteiger partial charge on any atom is 0.321 e. The fourth-order valence-electron chi connectivity index (χ4n) is 1.12. The lowest BCUT2D eigenvalue weighted by atomic mass is 10.4. The topological polar surface area (TPSA) is 74.7 Å². The van der Waals surface area contributed by atoms with Crippen LogP contribution in [0.5, 0.6) is 0 Å². The zero-order chi connectivity index (χ0) is 12.3. The van der Waals surface area contributed by atoms with Gasteiger partial charge in [-0.15, -0.1) is 0 Å². The van der Waals surface area contributed by atoms with Crippen molar-refractivity contribution in [1.82, 2.24) is 4.31 Å². The number of carbonyl (C=O) groups is 1. The molecule has 0 aliphatic heterocycles. The first-order chi connectivity index (χ1) is 7.37. The molecule has 16 heavy (non-hydrogen) atoms. The first-order valence-electron chi connectivity index (χ1n) is 4.63. The average molecular weight is 243 g/mol. The van der Waals surface area contributed by atoms with E-state index in [0.29, 0.717) is 0 Å². The minimum atomic E-state index is -3.73. The minimum absolute atomic E-state index is 0.0885. The number of benzene rings is 1. The van der Waals surface area contributed by atoms with Crippen LogP contribution in [0.3, 0.4) is 0 Å². The Morgan fingerprint density at radius 3 is 2.25 bits per heavy atom. The highest BCUT2D eigenvalue weighted by atomic mass is 32.2. The van der Waals surface area contributed by atoms with Gasteiger partial charge >= 0.3 is 5.97 Å². The summed E-state index contributed by atoms with van der Waals surface area (Å²) >= 11 is 0. The number of carboxylic acids is 1. The summed E-state index contributed by atoms with van der Waals surface area (Å²) in [6.45, 7) is 1.32. The maximum atomic E-state index is 11.9. The Hall–Kier alpha value is -1.40. The second-order valence-corrected chi connectivity index (χ2v) is 5.35. The molecule has 0 saturated carbocycles. The zero-order valence-electron chi connectivity index (χ0n) is 8.99. The van der Waals surface area contributed by atoms with Crippen molar-refractivity contribution in [2.24, 2.45) is 0 Å². The molecule has 0 unspecified atom stereocenters. The number of likely N-dealkylation sites (N-methyl/N-ethyl adjacent to an activating group) is 1. The summed E-state index contributed by atoms with van der Waals surface area (Å²) in [5.74, 6) is -1.18. The van der Waals surface area contributed by atoms with E-state index in [2.05, 4.69) is 0 Å². The predicted octanol–water partition coefficient (Wildman–Crippen LogP) is 0.780. The molecule has 1 aromatic rings. The summed E-state index contributed by atoms with van der Waals surface area (Å²) in [5, 5.41) is 8.76. The average Bonchev–Trinajstić information content (AvgIpc) is 2.28. The van der Waals surface area contributed by atoms with Crippen molar-refractivity contribution >= 4 is 16.0 Å². The fraction of sp³-hybridized carbons (Fsp3) is 0.300. The molecule has 6 heteroatoms. The van der Waals surface area contributed by atoms with Crippen LogP contribution in [0, 0.1) is 0 Å². The lowest BCUT2D eigenvalue weighted by Gasteiger charge is -2.20. The molecule has 0 aromatic heterocycles. The van der Waals surface area contributed by atoms with Crippen molar-refractivity contribution in [2.45, 2.75) is 17.9 Å². The van der Waals surface area contributed by atoms with Gasteiger partial charge in [0.05, 0.1) is 4.90 Å². The van der Waals surface area contributed by atoms with E-state index in [0.717, 1.165) is 4.31 Å². The standard InChI is InChI=1S/C10H13NO4S/c1-8(10(12)13)11(2)16(14,15)9-6-4-3-5-7-9/h3-8H,1-2H3,(H,12,13)/t8-/m0/s1. The molecule has 0 aliphatic rings. The van der Waals surface area contributed by atoms with Gasteiger partial charge in [-0.3, -0.25) is 4.79 Å². The van der Waals surface area contributed by atoms with Gasteiger partial charge in [-0.25, -0.2) is 8.42 Å². The van der Waals surface area contributed by atoms with E-state index < -0.39 is 22.0 Å². The van der Waals surface area contributed by atoms with Crippen molar-refractivity contribution in [2.75, 3.05) is 7.05 Å². The Kier molecular flexibility index (Phi) is 3.66. The molecule has 0 saturated heterocycles. The Morgan fingerprint density at radius 1 is 1.31 bits per heavy atom. The van der Waals surface area contributed by atoms with Crippen molar-refractivity contribution in [3.63, 3.8) is 0 Å². The van der Waals surface area contributed by atoms with Gasteiger partial charge < -0.3 is 5.11 Å². The van der Waals surface area contributed by atoms with Gasteiger partial charge in [0.2, 0.25) is 10.0 Å². The van der Waals surface area contributed by atoms with Crippen molar-refractivity contribution in [3.05, 3.63) is 30.3 Å². The summed E-state index contributed by atoms with van der Waals surface area (Å²) in [4.78, 5) is 10.8. The summed E-state index contributed by atoms with van der Waals surface area (Å²) in [5.41, 5.74) is 0. The van der Waals surface area contributed by atoms with E-state index in [9.17, 15) is 13.2 Å². The third-order valence-electron chi connectivity index (χ3n) is 2.32. The Labute approximate surface area is 94.4 Å². The maximum absolute atomic E-state index is 11.9. The van der Waals surface area contributed by atoms with Crippen LogP contribution < -0.4 is 0 Å².